The van der Waals surface area contributed by atoms with E-state index in [0.29, 0.717) is 11.9 Å². The lowest BCUT2D eigenvalue weighted by atomic mass is 10.2. The molecule has 2 rings (SSSR count). The summed E-state index contributed by atoms with van der Waals surface area (Å²) in [4.78, 5) is 15.8. The van der Waals surface area contributed by atoms with Crippen molar-refractivity contribution in [2.24, 2.45) is 0 Å². The normalized spacial score (nSPS) is 30.4. The smallest absolute Gasteiger partial charge is 0.223 e. The molecule has 0 N–H and O–H groups in total. The van der Waals surface area contributed by atoms with Gasteiger partial charge in [-0.05, 0) is 26.2 Å². The zero-order chi connectivity index (χ0) is 9.26. The fourth-order valence-corrected chi connectivity index (χ4v) is 2.28. The minimum atomic E-state index is 0.346. The van der Waals surface area contributed by atoms with Crippen molar-refractivity contribution < 1.29 is 4.79 Å². The van der Waals surface area contributed by atoms with Crippen molar-refractivity contribution in [3.8, 4) is 0 Å². The molecule has 2 aliphatic rings. The highest BCUT2D eigenvalue weighted by Crippen LogP contribution is 2.18. The van der Waals surface area contributed by atoms with E-state index in [2.05, 4.69) is 11.8 Å². The molecule has 0 aromatic heterocycles. The maximum Gasteiger partial charge on any atom is 0.223 e. The van der Waals surface area contributed by atoms with Crippen LogP contribution in [0.2, 0.25) is 0 Å². The predicted octanol–water partition coefficient (Wildman–Crippen LogP) is 1.05. The van der Waals surface area contributed by atoms with Crippen molar-refractivity contribution in [1.82, 2.24) is 9.80 Å². The Balaban J connectivity index is 1.86. The second-order valence-electron chi connectivity index (χ2n) is 4.21. The summed E-state index contributed by atoms with van der Waals surface area (Å²) in [6.45, 7) is 5.28. The predicted molar refractivity (Wildman–Crippen MR) is 51.2 cm³/mol. The van der Waals surface area contributed by atoms with E-state index in [0.717, 1.165) is 26.1 Å². The van der Waals surface area contributed by atoms with Gasteiger partial charge >= 0.3 is 0 Å². The first-order chi connectivity index (χ1) is 6.27. The number of carbonyl (C=O) groups excluding carboxylic acids is 1. The molecule has 1 atom stereocenters. The second-order valence-corrected chi connectivity index (χ2v) is 4.21. The molecule has 3 nitrogen and oxygen atoms in total. The van der Waals surface area contributed by atoms with Gasteiger partial charge in [0, 0.05) is 25.6 Å². The molecule has 74 valence electrons. The van der Waals surface area contributed by atoms with Crippen LogP contribution in [0.5, 0.6) is 0 Å². The van der Waals surface area contributed by atoms with Crippen LogP contribution in [-0.4, -0.2) is 41.5 Å². The first-order valence-electron chi connectivity index (χ1n) is 5.29. The summed E-state index contributed by atoms with van der Waals surface area (Å²) in [5.41, 5.74) is 0. The van der Waals surface area contributed by atoms with Crippen LogP contribution in [0.25, 0.3) is 0 Å². The van der Waals surface area contributed by atoms with Crippen LogP contribution in [0, 0.1) is 0 Å². The minimum Gasteiger partial charge on any atom is -0.330 e. The highest BCUT2D eigenvalue weighted by molar-refractivity contribution is 5.77. The van der Waals surface area contributed by atoms with Gasteiger partial charge < -0.3 is 4.90 Å². The van der Waals surface area contributed by atoms with Crippen LogP contribution in [-0.2, 0) is 4.79 Å². The number of amides is 1. The quantitative estimate of drug-likeness (QED) is 0.637. The van der Waals surface area contributed by atoms with Crippen molar-refractivity contribution in [2.75, 3.05) is 19.8 Å². The summed E-state index contributed by atoms with van der Waals surface area (Å²) in [6.07, 6.45) is 4.41. The third-order valence-electron chi connectivity index (χ3n) is 3.21. The molecule has 3 heteroatoms. The molecule has 2 saturated heterocycles. The van der Waals surface area contributed by atoms with Gasteiger partial charge in [0.15, 0.2) is 0 Å². The van der Waals surface area contributed by atoms with Crippen molar-refractivity contribution in [2.45, 2.75) is 38.6 Å². The molecular weight excluding hydrogens is 164 g/mol. The molecule has 0 spiro atoms. The summed E-state index contributed by atoms with van der Waals surface area (Å²) >= 11 is 0. The molecule has 0 bridgehead atoms. The van der Waals surface area contributed by atoms with Gasteiger partial charge in [0.2, 0.25) is 5.91 Å². The monoisotopic (exact) mass is 182 g/mol. The maximum atomic E-state index is 11.4. The number of hydrogen-bond donors (Lipinski definition) is 0. The van der Waals surface area contributed by atoms with Gasteiger partial charge in [-0.25, -0.2) is 0 Å². The topological polar surface area (TPSA) is 23.6 Å². The zero-order valence-corrected chi connectivity index (χ0v) is 8.33. The van der Waals surface area contributed by atoms with E-state index in [1.165, 1.54) is 19.4 Å². The van der Waals surface area contributed by atoms with E-state index >= 15 is 0 Å². The Labute approximate surface area is 79.7 Å². The molecule has 2 aliphatic heterocycles. The Morgan fingerprint density at radius 3 is 2.77 bits per heavy atom. The average molecular weight is 182 g/mol. The largest absolute Gasteiger partial charge is 0.330 e. The Hall–Kier alpha value is -0.570. The summed E-state index contributed by atoms with van der Waals surface area (Å²) in [6, 6.07) is 0.674. The molecule has 0 saturated carbocycles. The summed E-state index contributed by atoms with van der Waals surface area (Å²) in [7, 11) is 0. The van der Waals surface area contributed by atoms with Crippen LogP contribution in [0.3, 0.4) is 0 Å². The SMILES string of the molecule is CC1CCCN1CN1CCCC1=O. The molecule has 2 heterocycles. The Morgan fingerprint density at radius 1 is 1.38 bits per heavy atom. The fraction of sp³-hybridized carbons (Fsp3) is 0.900. The van der Waals surface area contributed by atoms with E-state index in [4.69, 9.17) is 0 Å². The van der Waals surface area contributed by atoms with Crippen molar-refractivity contribution in [3.63, 3.8) is 0 Å². The molecule has 0 radical (unpaired) electrons. The number of rotatable bonds is 2. The van der Waals surface area contributed by atoms with Crippen LogP contribution < -0.4 is 0 Å². The van der Waals surface area contributed by atoms with Crippen molar-refractivity contribution in [1.29, 1.82) is 0 Å². The maximum absolute atomic E-state index is 11.4. The van der Waals surface area contributed by atoms with Crippen LogP contribution in [0.1, 0.15) is 32.6 Å². The fourth-order valence-electron chi connectivity index (χ4n) is 2.28. The number of carbonyl (C=O) groups is 1. The van der Waals surface area contributed by atoms with Gasteiger partial charge in [-0.1, -0.05) is 0 Å². The van der Waals surface area contributed by atoms with E-state index in [1.54, 1.807) is 0 Å². The van der Waals surface area contributed by atoms with E-state index in [1.807, 2.05) is 4.90 Å². The molecule has 2 fully saturated rings. The first kappa shape index (κ1) is 9.00. The summed E-state index contributed by atoms with van der Waals surface area (Å²) in [5.74, 6) is 0.346. The lowest BCUT2D eigenvalue weighted by Gasteiger charge is -2.26. The minimum absolute atomic E-state index is 0.346. The highest BCUT2D eigenvalue weighted by Gasteiger charge is 2.26. The third-order valence-corrected chi connectivity index (χ3v) is 3.21. The van der Waals surface area contributed by atoms with Gasteiger partial charge in [-0.3, -0.25) is 9.69 Å². The molecule has 1 unspecified atom stereocenters. The average Bonchev–Trinajstić information content (AvgIpc) is 2.65. The molecule has 0 aromatic carbocycles. The van der Waals surface area contributed by atoms with Gasteiger partial charge in [0.25, 0.3) is 0 Å². The summed E-state index contributed by atoms with van der Waals surface area (Å²) < 4.78 is 0. The van der Waals surface area contributed by atoms with Gasteiger partial charge in [0.1, 0.15) is 0 Å². The Morgan fingerprint density at radius 2 is 2.23 bits per heavy atom. The van der Waals surface area contributed by atoms with Crippen LogP contribution in [0.4, 0.5) is 0 Å². The molecular formula is C10H18N2O. The third kappa shape index (κ3) is 1.85. The lowest BCUT2D eigenvalue weighted by molar-refractivity contribution is -0.129. The molecule has 0 aromatic rings. The number of likely N-dealkylation sites (tertiary alicyclic amines) is 2. The molecule has 0 aliphatic carbocycles. The van der Waals surface area contributed by atoms with E-state index in [-0.39, 0.29) is 0 Å². The lowest BCUT2D eigenvalue weighted by Crippen LogP contribution is -2.40. The van der Waals surface area contributed by atoms with Crippen molar-refractivity contribution >= 4 is 5.91 Å². The van der Waals surface area contributed by atoms with E-state index < -0.39 is 0 Å². The number of nitrogens with zero attached hydrogens (tertiary/aromatic N) is 2. The first-order valence-corrected chi connectivity index (χ1v) is 5.29. The Bertz CT molecular complexity index is 205. The summed E-state index contributed by atoms with van der Waals surface area (Å²) in [5, 5.41) is 0. The standard InChI is InChI=1S/C10H18N2O/c1-9-4-2-6-11(9)8-12-7-3-5-10(12)13/h9H,2-8H2,1H3. The van der Waals surface area contributed by atoms with Gasteiger partial charge in [-0.2, -0.15) is 0 Å². The van der Waals surface area contributed by atoms with Crippen LogP contribution in [0.15, 0.2) is 0 Å². The Kier molecular flexibility index (Phi) is 2.54. The molecule has 13 heavy (non-hydrogen) atoms. The molecule has 1 amide bonds. The van der Waals surface area contributed by atoms with Crippen molar-refractivity contribution in [3.05, 3.63) is 0 Å². The van der Waals surface area contributed by atoms with Crippen LogP contribution >= 0.6 is 0 Å². The number of hydrogen-bond acceptors (Lipinski definition) is 2. The second kappa shape index (κ2) is 3.66. The zero-order valence-electron chi connectivity index (χ0n) is 8.33. The van der Waals surface area contributed by atoms with Gasteiger partial charge in [0.05, 0.1) is 6.67 Å². The highest BCUT2D eigenvalue weighted by atomic mass is 16.2. The van der Waals surface area contributed by atoms with Gasteiger partial charge in [-0.15, -0.1) is 0 Å². The van der Waals surface area contributed by atoms with E-state index in [9.17, 15) is 4.79 Å².